The first-order chi connectivity index (χ1) is 7.79. The Morgan fingerprint density at radius 1 is 1.38 bits per heavy atom. The van der Waals surface area contributed by atoms with Crippen LogP contribution in [0.4, 0.5) is 5.82 Å². The van der Waals surface area contributed by atoms with Crippen LogP contribution in [0.15, 0.2) is 23.6 Å². The number of thiophene rings is 1. The molecule has 0 spiro atoms. The van der Waals surface area contributed by atoms with E-state index in [0.717, 1.165) is 35.2 Å². The molecule has 2 heterocycles. The van der Waals surface area contributed by atoms with Gasteiger partial charge in [-0.1, -0.05) is 13.0 Å². The van der Waals surface area contributed by atoms with Gasteiger partial charge >= 0.3 is 0 Å². The van der Waals surface area contributed by atoms with Gasteiger partial charge in [0.15, 0.2) is 5.82 Å². The van der Waals surface area contributed by atoms with E-state index in [0.29, 0.717) is 0 Å². The lowest BCUT2D eigenvalue weighted by Gasteiger charge is -2.06. The maximum Gasteiger partial charge on any atom is 0.171 e. The molecule has 0 aliphatic rings. The Labute approximate surface area is 99.6 Å². The highest BCUT2D eigenvalue weighted by Gasteiger charge is 2.05. The molecule has 0 fully saturated rings. The number of aromatic nitrogens is 2. The van der Waals surface area contributed by atoms with Gasteiger partial charge in [0.05, 0.1) is 4.88 Å². The standard InChI is InChI=1S/C12H15N3S/c1-3-6-13-11-8-9(2)14-12(15-11)10-5-4-7-16-10/h4-5,7-8H,3,6H2,1-2H3,(H,13,14,15). The summed E-state index contributed by atoms with van der Waals surface area (Å²) in [7, 11) is 0. The summed E-state index contributed by atoms with van der Waals surface area (Å²) in [4.78, 5) is 10.1. The summed E-state index contributed by atoms with van der Waals surface area (Å²) in [5, 5.41) is 5.33. The van der Waals surface area contributed by atoms with E-state index in [1.807, 2.05) is 30.5 Å². The van der Waals surface area contributed by atoms with E-state index in [4.69, 9.17) is 0 Å². The number of anilines is 1. The molecule has 0 radical (unpaired) electrons. The number of nitrogens with one attached hydrogen (secondary N) is 1. The van der Waals surface area contributed by atoms with Crippen molar-refractivity contribution in [3.05, 3.63) is 29.3 Å². The van der Waals surface area contributed by atoms with Crippen molar-refractivity contribution < 1.29 is 0 Å². The van der Waals surface area contributed by atoms with Crippen molar-refractivity contribution in [3.8, 4) is 10.7 Å². The molecular formula is C12H15N3S. The minimum atomic E-state index is 0.814. The third kappa shape index (κ3) is 2.58. The Morgan fingerprint density at radius 2 is 2.25 bits per heavy atom. The first-order valence-corrected chi connectivity index (χ1v) is 6.31. The summed E-state index contributed by atoms with van der Waals surface area (Å²) in [5.74, 6) is 1.73. The van der Waals surface area contributed by atoms with Gasteiger partial charge in [-0.25, -0.2) is 9.97 Å². The monoisotopic (exact) mass is 233 g/mol. The second-order valence-electron chi connectivity index (χ2n) is 3.62. The Balaban J connectivity index is 2.29. The Bertz CT molecular complexity index is 451. The quantitative estimate of drug-likeness (QED) is 0.880. The number of aryl methyl sites for hydroxylation is 1. The van der Waals surface area contributed by atoms with Gasteiger partial charge in [-0.15, -0.1) is 11.3 Å². The fraction of sp³-hybridized carbons (Fsp3) is 0.333. The number of hydrogen-bond donors (Lipinski definition) is 1. The third-order valence-electron chi connectivity index (χ3n) is 2.15. The molecule has 4 heteroatoms. The summed E-state index contributed by atoms with van der Waals surface area (Å²) < 4.78 is 0. The second-order valence-corrected chi connectivity index (χ2v) is 4.57. The van der Waals surface area contributed by atoms with E-state index in [9.17, 15) is 0 Å². The zero-order chi connectivity index (χ0) is 11.4. The molecule has 0 saturated carbocycles. The molecule has 0 bridgehead atoms. The van der Waals surface area contributed by atoms with Gasteiger partial charge in [0.2, 0.25) is 0 Å². The summed E-state index contributed by atoms with van der Waals surface area (Å²) >= 11 is 1.66. The number of rotatable bonds is 4. The van der Waals surface area contributed by atoms with E-state index < -0.39 is 0 Å². The molecule has 2 aromatic rings. The lowest BCUT2D eigenvalue weighted by atomic mass is 10.3. The normalized spacial score (nSPS) is 10.4. The molecule has 2 rings (SSSR count). The van der Waals surface area contributed by atoms with Crippen molar-refractivity contribution >= 4 is 17.2 Å². The van der Waals surface area contributed by atoms with E-state index in [-0.39, 0.29) is 0 Å². The molecular weight excluding hydrogens is 218 g/mol. The van der Waals surface area contributed by atoms with Gasteiger partial charge in [-0.3, -0.25) is 0 Å². The maximum absolute atomic E-state index is 4.50. The zero-order valence-electron chi connectivity index (χ0n) is 9.53. The molecule has 84 valence electrons. The summed E-state index contributed by atoms with van der Waals surface area (Å²) in [6.45, 7) is 5.08. The van der Waals surface area contributed by atoms with Crippen LogP contribution in [-0.4, -0.2) is 16.5 Å². The lowest BCUT2D eigenvalue weighted by Crippen LogP contribution is -2.04. The first-order valence-electron chi connectivity index (χ1n) is 5.43. The summed E-state index contributed by atoms with van der Waals surface area (Å²) in [6, 6.07) is 6.04. The molecule has 0 aliphatic heterocycles. The fourth-order valence-electron chi connectivity index (χ4n) is 1.43. The van der Waals surface area contributed by atoms with Crippen molar-refractivity contribution in [1.29, 1.82) is 0 Å². The molecule has 2 aromatic heterocycles. The fourth-order valence-corrected chi connectivity index (χ4v) is 2.09. The van der Waals surface area contributed by atoms with Crippen molar-refractivity contribution in [2.45, 2.75) is 20.3 Å². The van der Waals surface area contributed by atoms with Gasteiger partial charge in [-0.2, -0.15) is 0 Å². The van der Waals surface area contributed by atoms with Crippen molar-refractivity contribution in [1.82, 2.24) is 9.97 Å². The Kier molecular flexibility index (Phi) is 3.51. The second kappa shape index (κ2) is 5.07. The molecule has 0 amide bonds. The Hall–Kier alpha value is -1.42. The van der Waals surface area contributed by atoms with Crippen LogP contribution in [0.3, 0.4) is 0 Å². The minimum Gasteiger partial charge on any atom is -0.370 e. The molecule has 16 heavy (non-hydrogen) atoms. The smallest absolute Gasteiger partial charge is 0.171 e. The van der Waals surface area contributed by atoms with Crippen LogP contribution in [0, 0.1) is 6.92 Å². The van der Waals surface area contributed by atoms with Gasteiger partial charge in [-0.05, 0) is 24.8 Å². The largest absolute Gasteiger partial charge is 0.370 e. The molecule has 3 nitrogen and oxygen atoms in total. The van der Waals surface area contributed by atoms with Crippen LogP contribution in [0.1, 0.15) is 19.0 Å². The SMILES string of the molecule is CCCNc1cc(C)nc(-c2cccs2)n1. The van der Waals surface area contributed by atoms with Crippen LogP contribution >= 0.6 is 11.3 Å². The van der Waals surface area contributed by atoms with Crippen LogP contribution in [0.5, 0.6) is 0 Å². The molecule has 1 N–H and O–H groups in total. The van der Waals surface area contributed by atoms with Gasteiger partial charge < -0.3 is 5.32 Å². The zero-order valence-corrected chi connectivity index (χ0v) is 10.3. The summed E-state index contributed by atoms with van der Waals surface area (Å²) in [6.07, 6.45) is 1.09. The van der Waals surface area contributed by atoms with Crippen molar-refractivity contribution in [2.75, 3.05) is 11.9 Å². The van der Waals surface area contributed by atoms with E-state index in [1.165, 1.54) is 0 Å². The third-order valence-corrected chi connectivity index (χ3v) is 3.02. The number of hydrogen-bond acceptors (Lipinski definition) is 4. The highest BCUT2D eigenvalue weighted by Crippen LogP contribution is 2.22. The highest BCUT2D eigenvalue weighted by molar-refractivity contribution is 7.13. The number of nitrogens with zero attached hydrogens (tertiary/aromatic N) is 2. The van der Waals surface area contributed by atoms with Gasteiger partial charge in [0, 0.05) is 18.3 Å². The van der Waals surface area contributed by atoms with Gasteiger partial charge in [0.25, 0.3) is 0 Å². The Morgan fingerprint density at radius 3 is 2.94 bits per heavy atom. The minimum absolute atomic E-state index is 0.814. The van der Waals surface area contributed by atoms with Crippen LogP contribution in [0.25, 0.3) is 10.7 Å². The van der Waals surface area contributed by atoms with E-state index in [2.05, 4.69) is 22.2 Å². The highest BCUT2D eigenvalue weighted by atomic mass is 32.1. The maximum atomic E-state index is 4.50. The van der Waals surface area contributed by atoms with Crippen molar-refractivity contribution in [3.63, 3.8) is 0 Å². The summed E-state index contributed by atoms with van der Waals surface area (Å²) in [5.41, 5.74) is 0.997. The molecule has 0 saturated heterocycles. The van der Waals surface area contributed by atoms with Gasteiger partial charge in [0.1, 0.15) is 5.82 Å². The van der Waals surface area contributed by atoms with E-state index in [1.54, 1.807) is 11.3 Å². The molecule has 0 aliphatic carbocycles. The van der Waals surface area contributed by atoms with Crippen LogP contribution in [-0.2, 0) is 0 Å². The lowest BCUT2D eigenvalue weighted by molar-refractivity contribution is 0.963. The average molecular weight is 233 g/mol. The molecule has 0 unspecified atom stereocenters. The topological polar surface area (TPSA) is 37.8 Å². The predicted octanol–water partition coefficient (Wildman–Crippen LogP) is 3.34. The predicted molar refractivity (Wildman–Crippen MR) is 68.9 cm³/mol. The molecule has 0 atom stereocenters. The average Bonchev–Trinajstić information content (AvgIpc) is 2.79. The van der Waals surface area contributed by atoms with Crippen LogP contribution < -0.4 is 5.32 Å². The molecule has 0 aromatic carbocycles. The van der Waals surface area contributed by atoms with Crippen molar-refractivity contribution in [2.24, 2.45) is 0 Å². The first kappa shape index (κ1) is 11.1. The van der Waals surface area contributed by atoms with E-state index >= 15 is 0 Å². The van der Waals surface area contributed by atoms with Crippen LogP contribution in [0.2, 0.25) is 0 Å².